The summed E-state index contributed by atoms with van der Waals surface area (Å²) in [6, 6.07) is 10.6. The number of aryl methyl sites for hydroxylation is 1. The van der Waals surface area contributed by atoms with Crippen molar-refractivity contribution in [2.24, 2.45) is 5.92 Å². The summed E-state index contributed by atoms with van der Waals surface area (Å²) in [6.45, 7) is 6.88. The number of likely N-dealkylation sites (tertiary alicyclic amines) is 1. The second kappa shape index (κ2) is 8.40. The minimum atomic E-state index is -0.245. The van der Waals surface area contributed by atoms with Crippen molar-refractivity contribution in [3.05, 3.63) is 53.3 Å². The normalized spacial score (nSPS) is 19.0. The number of phenolic OH excluding ortho intramolecular Hbond substituents is 1. The largest absolute Gasteiger partial charge is 0.507 e. The number of carbonyl (C=O) groups excluding carboxylic acids is 1. The number of carbonyl (C=O) groups is 1. The van der Waals surface area contributed by atoms with E-state index in [1.54, 1.807) is 50.4 Å². The molecule has 2 atom stereocenters. The van der Waals surface area contributed by atoms with Gasteiger partial charge in [-0.1, -0.05) is 6.92 Å². The van der Waals surface area contributed by atoms with Crippen LogP contribution in [0, 0.1) is 12.8 Å². The molecule has 0 aliphatic carbocycles. The van der Waals surface area contributed by atoms with Crippen molar-refractivity contribution in [2.45, 2.75) is 33.2 Å². The lowest BCUT2D eigenvalue weighted by Crippen LogP contribution is -3.12. The zero-order valence-corrected chi connectivity index (χ0v) is 17.7. The van der Waals surface area contributed by atoms with Crippen LogP contribution in [0.4, 0.5) is 5.69 Å². The fraction of sp³-hybridized carbons (Fsp3) is 0.375. The van der Waals surface area contributed by atoms with Gasteiger partial charge in [-0.25, -0.2) is 0 Å². The molecule has 1 unspecified atom stereocenters. The van der Waals surface area contributed by atoms with Gasteiger partial charge >= 0.3 is 0 Å². The lowest BCUT2D eigenvalue weighted by Gasteiger charge is -2.28. The molecule has 0 spiro atoms. The van der Waals surface area contributed by atoms with Gasteiger partial charge in [-0.2, -0.15) is 0 Å². The summed E-state index contributed by atoms with van der Waals surface area (Å²) in [5, 5.41) is 14.3. The Morgan fingerprint density at radius 2 is 2.03 bits per heavy atom. The van der Waals surface area contributed by atoms with E-state index in [0.717, 1.165) is 24.4 Å². The van der Waals surface area contributed by atoms with Crippen LogP contribution < -0.4 is 15.0 Å². The van der Waals surface area contributed by atoms with Gasteiger partial charge in [-0.3, -0.25) is 4.79 Å². The molecule has 3 N–H and O–H groups in total. The number of fused-ring (bicyclic) bond motifs is 1. The number of hydrogen-bond acceptors (Lipinski definition) is 4. The Labute approximate surface area is 176 Å². The monoisotopic (exact) mass is 409 g/mol. The predicted octanol–water partition coefficient (Wildman–Crippen LogP) is 3.52. The highest BCUT2D eigenvalue weighted by Crippen LogP contribution is 2.34. The Kier molecular flexibility index (Phi) is 5.68. The van der Waals surface area contributed by atoms with Crippen LogP contribution in [-0.2, 0) is 6.54 Å². The quantitative estimate of drug-likeness (QED) is 0.603. The minimum Gasteiger partial charge on any atom is -0.507 e. The summed E-state index contributed by atoms with van der Waals surface area (Å²) in [7, 11) is 1.60. The second-order valence-electron chi connectivity index (χ2n) is 8.28. The fourth-order valence-corrected chi connectivity index (χ4v) is 4.49. The summed E-state index contributed by atoms with van der Waals surface area (Å²) >= 11 is 0. The molecule has 2 heterocycles. The van der Waals surface area contributed by atoms with Gasteiger partial charge in [-0.15, -0.1) is 0 Å². The van der Waals surface area contributed by atoms with Crippen molar-refractivity contribution in [3.8, 4) is 11.5 Å². The number of quaternary nitrogens is 1. The van der Waals surface area contributed by atoms with E-state index < -0.39 is 0 Å². The summed E-state index contributed by atoms with van der Waals surface area (Å²) in [4.78, 5) is 14.6. The van der Waals surface area contributed by atoms with E-state index in [1.807, 2.05) is 0 Å². The van der Waals surface area contributed by atoms with Crippen molar-refractivity contribution in [1.29, 1.82) is 0 Å². The summed E-state index contributed by atoms with van der Waals surface area (Å²) in [5.74, 6) is 1.91. The third-order valence-corrected chi connectivity index (χ3v) is 5.98. The molecule has 2 aromatic carbocycles. The number of piperidine rings is 1. The first kappa shape index (κ1) is 20.3. The lowest BCUT2D eigenvalue weighted by molar-refractivity contribution is -0.922. The highest BCUT2D eigenvalue weighted by molar-refractivity contribution is 6.14. The molecule has 158 valence electrons. The van der Waals surface area contributed by atoms with Crippen LogP contribution in [0.15, 0.2) is 40.8 Å². The van der Waals surface area contributed by atoms with E-state index in [0.29, 0.717) is 40.4 Å². The zero-order valence-electron chi connectivity index (χ0n) is 17.7. The Morgan fingerprint density at radius 1 is 1.27 bits per heavy atom. The molecule has 1 aromatic heterocycles. The molecule has 1 saturated heterocycles. The first-order valence-corrected chi connectivity index (χ1v) is 10.5. The first-order valence-electron chi connectivity index (χ1n) is 10.5. The van der Waals surface area contributed by atoms with Crippen molar-refractivity contribution in [3.63, 3.8) is 0 Å². The van der Waals surface area contributed by atoms with Gasteiger partial charge < -0.3 is 24.5 Å². The molecule has 3 aromatic rings. The van der Waals surface area contributed by atoms with E-state index in [2.05, 4.69) is 12.2 Å². The molecular formula is C24H29N2O4+. The maximum Gasteiger partial charge on any atom is 0.259 e. The number of aromatic hydroxyl groups is 1. The Bertz CT molecular complexity index is 1060. The molecule has 1 fully saturated rings. The molecule has 0 bridgehead atoms. The van der Waals surface area contributed by atoms with Crippen molar-refractivity contribution >= 4 is 22.6 Å². The van der Waals surface area contributed by atoms with Crippen molar-refractivity contribution in [1.82, 2.24) is 0 Å². The number of nitrogens with one attached hydrogen (secondary N) is 2. The van der Waals surface area contributed by atoms with Gasteiger partial charge in [0.05, 0.1) is 31.3 Å². The van der Waals surface area contributed by atoms with Crippen LogP contribution in [0.1, 0.15) is 41.4 Å². The van der Waals surface area contributed by atoms with Crippen molar-refractivity contribution in [2.75, 3.05) is 25.5 Å². The van der Waals surface area contributed by atoms with Crippen LogP contribution >= 0.6 is 0 Å². The molecule has 1 aliphatic heterocycles. The molecule has 30 heavy (non-hydrogen) atoms. The fourth-order valence-electron chi connectivity index (χ4n) is 4.49. The standard InChI is InChI=1S/C24H28N2O4/c1-15-5-4-12-26(13-15)14-19-20(27)10-11-21-23(19)22(16(2)30-21)24(28)25-17-6-8-18(29-3)9-7-17/h6-11,15,27H,4-5,12-14H2,1-3H3,(H,25,28)/p+1/t15-/m1/s1. The molecular weight excluding hydrogens is 380 g/mol. The van der Waals surface area contributed by atoms with Crippen LogP contribution in [0.2, 0.25) is 0 Å². The Morgan fingerprint density at radius 3 is 2.73 bits per heavy atom. The van der Waals surface area contributed by atoms with E-state index in [4.69, 9.17) is 9.15 Å². The van der Waals surface area contributed by atoms with Gasteiger partial charge in [0, 0.05) is 17.0 Å². The van der Waals surface area contributed by atoms with Gasteiger partial charge in [0.2, 0.25) is 0 Å². The third-order valence-electron chi connectivity index (χ3n) is 5.98. The molecule has 0 radical (unpaired) electrons. The zero-order chi connectivity index (χ0) is 21.3. The number of amides is 1. The summed E-state index contributed by atoms with van der Waals surface area (Å²) < 4.78 is 11.1. The van der Waals surface area contributed by atoms with Crippen molar-refractivity contribution < 1.29 is 24.0 Å². The smallest absolute Gasteiger partial charge is 0.259 e. The number of ether oxygens (including phenoxy) is 1. The topological polar surface area (TPSA) is 76.1 Å². The van der Waals surface area contributed by atoms with E-state index in [9.17, 15) is 9.90 Å². The average molecular weight is 410 g/mol. The average Bonchev–Trinajstić information content (AvgIpc) is 3.07. The number of phenols is 1. The lowest BCUT2D eigenvalue weighted by atomic mass is 9.98. The van der Waals surface area contributed by atoms with Gasteiger partial charge in [0.1, 0.15) is 29.4 Å². The van der Waals surface area contributed by atoms with Gasteiger partial charge in [0.25, 0.3) is 5.91 Å². The number of anilines is 1. The molecule has 6 heteroatoms. The van der Waals surface area contributed by atoms with E-state index >= 15 is 0 Å². The summed E-state index contributed by atoms with van der Waals surface area (Å²) in [5.41, 5.74) is 2.57. The van der Waals surface area contributed by atoms with Crippen LogP contribution in [0.25, 0.3) is 11.0 Å². The highest BCUT2D eigenvalue weighted by Gasteiger charge is 2.27. The van der Waals surface area contributed by atoms with E-state index in [-0.39, 0.29) is 11.7 Å². The molecule has 1 aliphatic rings. The van der Waals surface area contributed by atoms with Crippen LogP contribution in [0.3, 0.4) is 0 Å². The Hall–Kier alpha value is -2.99. The molecule has 4 rings (SSSR count). The first-order chi connectivity index (χ1) is 14.5. The SMILES string of the molecule is COc1ccc(NC(=O)c2c(C)oc3ccc(O)c(C[NH+]4CCC[C@@H](C)C4)c23)cc1. The third kappa shape index (κ3) is 4.00. The van der Waals surface area contributed by atoms with Gasteiger partial charge in [0.15, 0.2) is 0 Å². The highest BCUT2D eigenvalue weighted by atomic mass is 16.5. The van der Waals surface area contributed by atoms with Crippen LogP contribution in [-0.4, -0.2) is 31.2 Å². The predicted molar refractivity (Wildman–Crippen MR) is 116 cm³/mol. The number of methoxy groups -OCH3 is 1. The summed E-state index contributed by atoms with van der Waals surface area (Å²) in [6.07, 6.45) is 2.43. The Balaban J connectivity index is 1.69. The maximum absolute atomic E-state index is 13.2. The number of rotatable bonds is 5. The van der Waals surface area contributed by atoms with E-state index in [1.165, 1.54) is 17.7 Å². The maximum atomic E-state index is 13.2. The number of benzene rings is 2. The van der Waals surface area contributed by atoms with Gasteiger partial charge in [-0.05, 0) is 56.2 Å². The number of furan rings is 1. The number of hydrogen-bond donors (Lipinski definition) is 3. The second-order valence-corrected chi connectivity index (χ2v) is 8.28. The molecule has 0 saturated carbocycles. The minimum absolute atomic E-state index is 0.215. The molecule has 6 nitrogen and oxygen atoms in total. The molecule has 1 amide bonds. The van der Waals surface area contributed by atoms with Crippen LogP contribution in [0.5, 0.6) is 11.5 Å².